The summed E-state index contributed by atoms with van der Waals surface area (Å²) in [6, 6.07) is 8.73. The van der Waals surface area contributed by atoms with Crippen molar-refractivity contribution in [1.82, 2.24) is 4.90 Å². The van der Waals surface area contributed by atoms with E-state index < -0.39 is 0 Å². The fourth-order valence-corrected chi connectivity index (χ4v) is 3.45. The van der Waals surface area contributed by atoms with Gasteiger partial charge in [-0.25, -0.2) is 0 Å². The summed E-state index contributed by atoms with van der Waals surface area (Å²) in [6.45, 7) is 5.83. The van der Waals surface area contributed by atoms with Crippen molar-refractivity contribution in [3.05, 3.63) is 34.9 Å². The first-order chi connectivity index (χ1) is 9.87. The summed E-state index contributed by atoms with van der Waals surface area (Å²) in [6.07, 6.45) is 6.28. The van der Waals surface area contributed by atoms with Crippen LogP contribution in [-0.2, 0) is 0 Å². The Bertz CT molecular complexity index is 448. The third-order valence-electron chi connectivity index (χ3n) is 5.00. The fourth-order valence-electron chi connectivity index (χ4n) is 3.25. The van der Waals surface area contributed by atoms with Crippen molar-refractivity contribution >= 4 is 11.6 Å². The van der Waals surface area contributed by atoms with Gasteiger partial charge >= 0.3 is 0 Å². The summed E-state index contributed by atoms with van der Waals surface area (Å²) in [7, 11) is 2.24. The van der Waals surface area contributed by atoms with Crippen LogP contribution in [0.4, 0.5) is 0 Å². The van der Waals surface area contributed by atoms with Crippen molar-refractivity contribution in [2.75, 3.05) is 13.6 Å². The van der Waals surface area contributed by atoms with E-state index in [0.29, 0.717) is 5.41 Å². The second kappa shape index (κ2) is 7.13. The highest BCUT2D eigenvalue weighted by atomic mass is 35.5. The molecule has 118 valence electrons. The van der Waals surface area contributed by atoms with Crippen LogP contribution in [0.3, 0.4) is 0 Å². The van der Waals surface area contributed by atoms with E-state index in [2.05, 4.69) is 31.9 Å². The zero-order valence-electron chi connectivity index (χ0n) is 13.6. The molecule has 1 aliphatic rings. The topological polar surface area (TPSA) is 29.3 Å². The second-order valence-electron chi connectivity index (χ2n) is 7.33. The average Bonchev–Trinajstić information content (AvgIpc) is 2.44. The predicted octanol–water partition coefficient (Wildman–Crippen LogP) is 4.63. The molecule has 1 unspecified atom stereocenters. The van der Waals surface area contributed by atoms with Gasteiger partial charge < -0.3 is 10.6 Å². The molecule has 21 heavy (non-hydrogen) atoms. The summed E-state index contributed by atoms with van der Waals surface area (Å²) in [5, 5.41) is 0.769. The molecule has 0 bridgehead atoms. The lowest BCUT2D eigenvalue weighted by Crippen LogP contribution is -2.38. The van der Waals surface area contributed by atoms with E-state index in [0.717, 1.165) is 29.6 Å². The maximum absolute atomic E-state index is 6.30. The summed E-state index contributed by atoms with van der Waals surface area (Å²) in [5.74, 6) is 0. The Morgan fingerprint density at radius 1 is 1.33 bits per heavy atom. The van der Waals surface area contributed by atoms with E-state index >= 15 is 0 Å². The van der Waals surface area contributed by atoms with Crippen LogP contribution in [0.25, 0.3) is 0 Å². The van der Waals surface area contributed by atoms with E-state index in [-0.39, 0.29) is 6.04 Å². The zero-order valence-corrected chi connectivity index (χ0v) is 14.4. The first-order valence-corrected chi connectivity index (χ1v) is 8.46. The van der Waals surface area contributed by atoms with Gasteiger partial charge in [-0.15, -0.1) is 0 Å². The molecule has 0 heterocycles. The zero-order chi connectivity index (χ0) is 15.5. The maximum Gasteiger partial charge on any atom is 0.0409 e. The molecule has 1 saturated carbocycles. The number of nitrogens with zero attached hydrogens (tertiary/aromatic N) is 1. The summed E-state index contributed by atoms with van der Waals surface area (Å²) >= 11 is 6.03. The van der Waals surface area contributed by atoms with Crippen molar-refractivity contribution in [2.45, 2.75) is 58.0 Å². The van der Waals surface area contributed by atoms with Crippen LogP contribution < -0.4 is 5.73 Å². The van der Waals surface area contributed by atoms with Gasteiger partial charge in [0.05, 0.1) is 0 Å². The minimum atomic E-state index is 0.0752. The first kappa shape index (κ1) is 16.8. The molecule has 0 amide bonds. The van der Waals surface area contributed by atoms with Crippen LogP contribution >= 0.6 is 11.6 Å². The molecular weight excluding hydrogens is 280 g/mol. The number of hydrogen-bond donors (Lipinski definition) is 1. The molecule has 0 radical (unpaired) electrons. The van der Waals surface area contributed by atoms with E-state index in [4.69, 9.17) is 17.3 Å². The van der Waals surface area contributed by atoms with Crippen LogP contribution in [0.15, 0.2) is 24.3 Å². The average molecular weight is 309 g/mol. The number of benzene rings is 1. The second-order valence-corrected chi connectivity index (χ2v) is 7.76. The normalized spacial score (nSPS) is 20.7. The molecule has 2 rings (SSSR count). The van der Waals surface area contributed by atoms with Crippen LogP contribution in [0, 0.1) is 5.41 Å². The Balaban J connectivity index is 1.80. The monoisotopic (exact) mass is 308 g/mol. The number of halogens is 1. The van der Waals surface area contributed by atoms with Gasteiger partial charge in [0.15, 0.2) is 0 Å². The van der Waals surface area contributed by atoms with Gasteiger partial charge in [-0.2, -0.15) is 0 Å². The van der Waals surface area contributed by atoms with Gasteiger partial charge in [0.1, 0.15) is 0 Å². The fraction of sp³-hybridized carbons (Fsp3) is 0.667. The third-order valence-corrected chi connectivity index (χ3v) is 5.24. The Morgan fingerprint density at radius 2 is 2.00 bits per heavy atom. The maximum atomic E-state index is 6.30. The minimum absolute atomic E-state index is 0.0752. The minimum Gasteiger partial charge on any atom is -0.324 e. The lowest BCUT2D eigenvalue weighted by molar-refractivity contribution is 0.125. The van der Waals surface area contributed by atoms with Gasteiger partial charge in [-0.05, 0) is 68.8 Å². The molecule has 1 aromatic rings. The van der Waals surface area contributed by atoms with Crippen molar-refractivity contribution < 1.29 is 0 Å². The molecule has 2 nitrogen and oxygen atoms in total. The van der Waals surface area contributed by atoms with E-state index in [9.17, 15) is 0 Å². The quantitative estimate of drug-likeness (QED) is 0.859. The van der Waals surface area contributed by atoms with Gasteiger partial charge in [-0.3, -0.25) is 0 Å². The van der Waals surface area contributed by atoms with Crippen LogP contribution in [-0.4, -0.2) is 24.5 Å². The van der Waals surface area contributed by atoms with E-state index in [1.165, 1.54) is 25.7 Å². The van der Waals surface area contributed by atoms with Crippen molar-refractivity contribution in [1.29, 1.82) is 0 Å². The standard InChI is InChI=1S/C18H29ClN2/c1-18(2)10-7-16(8-11-18)21(3)12-9-17(20)14-5-4-6-15(19)13-14/h4-6,13,16-17H,7-12,20H2,1-3H3. The molecular formula is C18H29ClN2. The van der Waals surface area contributed by atoms with E-state index in [1.54, 1.807) is 0 Å². The molecule has 0 aliphatic heterocycles. The van der Waals surface area contributed by atoms with Crippen LogP contribution in [0.5, 0.6) is 0 Å². The molecule has 2 N–H and O–H groups in total. The predicted molar refractivity (Wildman–Crippen MR) is 91.7 cm³/mol. The van der Waals surface area contributed by atoms with Gasteiger partial charge in [-0.1, -0.05) is 37.6 Å². The van der Waals surface area contributed by atoms with Gasteiger partial charge in [0.25, 0.3) is 0 Å². The Morgan fingerprint density at radius 3 is 2.62 bits per heavy atom. The molecule has 1 aliphatic carbocycles. The summed E-state index contributed by atoms with van der Waals surface area (Å²) in [5.41, 5.74) is 7.98. The molecule has 0 spiro atoms. The number of hydrogen-bond acceptors (Lipinski definition) is 2. The Labute approximate surface area is 134 Å². The molecule has 1 aromatic carbocycles. The van der Waals surface area contributed by atoms with Crippen LogP contribution in [0.2, 0.25) is 5.02 Å². The number of rotatable bonds is 5. The first-order valence-electron chi connectivity index (χ1n) is 8.09. The van der Waals surface area contributed by atoms with Crippen LogP contribution in [0.1, 0.15) is 57.6 Å². The third kappa shape index (κ3) is 4.98. The molecule has 1 atom stereocenters. The highest BCUT2D eigenvalue weighted by Crippen LogP contribution is 2.36. The number of nitrogens with two attached hydrogens (primary N) is 1. The summed E-state index contributed by atoms with van der Waals surface area (Å²) < 4.78 is 0. The van der Waals surface area contributed by atoms with Crippen molar-refractivity contribution in [2.24, 2.45) is 11.1 Å². The highest BCUT2D eigenvalue weighted by Gasteiger charge is 2.28. The lowest BCUT2D eigenvalue weighted by atomic mass is 9.75. The molecule has 1 fully saturated rings. The SMILES string of the molecule is CN(CCC(N)c1cccc(Cl)c1)C1CCC(C)(C)CC1. The molecule has 3 heteroatoms. The Kier molecular flexibility index (Phi) is 5.70. The molecule has 0 aromatic heterocycles. The van der Waals surface area contributed by atoms with Gasteiger partial charge in [0, 0.05) is 17.1 Å². The van der Waals surface area contributed by atoms with Crippen molar-refractivity contribution in [3.8, 4) is 0 Å². The molecule has 0 saturated heterocycles. The largest absolute Gasteiger partial charge is 0.324 e. The van der Waals surface area contributed by atoms with Gasteiger partial charge in [0.2, 0.25) is 0 Å². The van der Waals surface area contributed by atoms with Crippen molar-refractivity contribution in [3.63, 3.8) is 0 Å². The van der Waals surface area contributed by atoms with E-state index in [1.807, 2.05) is 18.2 Å². The smallest absolute Gasteiger partial charge is 0.0409 e. The lowest BCUT2D eigenvalue weighted by Gasteiger charge is -2.39. The summed E-state index contributed by atoms with van der Waals surface area (Å²) in [4.78, 5) is 2.50. The highest BCUT2D eigenvalue weighted by molar-refractivity contribution is 6.30. The Hall–Kier alpha value is -0.570.